The van der Waals surface area contributed by atoms with E-state index in [0.717, 1.165) is 22.3 Å². The first-order valence-electron chi connectivity index (χ1n) is 8.74. The van der Waals surface area contributed by atoms with Crippen LogP contribution >= 0.6 is 11.8 Å². The fourth-order valence-electron chi connectivity index (χ4n) is 2.93. The lowest BCUT2D eigenvalue weighted by Gasteiger charge is -2.09. The van der Waals surface area contributed by atoms with Crippen molar-refractivity contribution in [3.63, 3.8) is 0 Å². The van der Waals surface area contributed by atoms with E-state index < -0.39 is 0 Å². The van der Waals surface area contributed by atoms with Crippen molar-refractivity contribution in [1.29, 1.82) is 0 Å². The molecule has 0 aliphatic rings. The number of hydrogen-bond donors (Lipinski definition) is 0. The summed E-state index contributed by atoms with van der Waals surface area (Å²) < 4.78 is 7.47. The summed E-state index contributed by atoms with van der Waals surface area (Å²) in [6.07, 6.45) is 3.42. The summed E-state index contributed by atoms with van der Waals surface area (Å²) in [6, 6.07) is 5.92. The molecule has 0 aliphatic heterocycles. The number of nitrogens with zero attached hydrogens (tertiary/aromatic N) is 3. The molecule has 3 rings (SSSR count). The number of hydrogen-bond acceptors (Lipinski definition) is 5. The summed E-state index contributed by atoms with van der Waals surface area (Å²) in [5.74, 6) is 1.72. The van der Waals surface area contributed by atoms with Crippen molar-refractivity contribution >= 4 is 17.5 Å². The van der Waals surface area contributed by atoms with Crippen molar-refractivity contribution in [2.45, 2.75) is 39.4 Å². The number of aromatic nitrogens is 3. The maximum Gasteiger partial charge on any atom is 0.201 e. The van der Waals surface area contributed by atoms with Crippen LogP contribution in [0.3, 0.4) is 0 Å². The van der Waals surface area contributed by atoms with Gasteiger partial charge in [-0.25, -0.2) is 0 Å². The number of furan rings is 1. The summed E-state index contributed by atoms with van der Waals surface area (Å²) in [5, 5.41) is 9.22. The Labute approximate surface area is 163 Å². The van der Waals surface area contributed by atoms with Crippen molar-refractivity contribution in [2.75, 3.05) is 5.75 Å². The Morgan fingerprint density at radius 1 is 1.15 bits per heavy atom. The second-order valence-electron chi connectivity index (χ2n) is 6.60. The Balaban J connectivity index is 1.83. The normalized spacial score (nSPS) is 11.0. The molecule has 140 valence electrons. The molecule has 0 aliphatic carbocycles. The molecule has 0 amide bonds. The van der Waals surface area contributed by atoms with Gasteiger partial charge >= 0.3 is 0 Å². The molecule has 0 bridgehead atoms. The fraction of sp³-hybridized carbons (Fsp3) is 0.286. The van der Waals surface area contributed by atoms with Gasteiger partial charge in [0.1, 0.15) is 0 Å². The predicted octanol–water partition coefficient (Wildman–Crippen LogP) is 4.93. The smallest absolute Gasteiger partial charge is 0.201 e. The zero-order chi connectivity index (χ0) is 19.6. The molecule has 2 heterocycles. The number of rotatable bonds is 7. The Morgan fingerprint density at radius 3 is 2.56 bits per heavy atom. The van der Waals surface area contributed by atoms with Crippen molar-refractivity contribution in [3.8, 4) is 11.6 Å². The van der Waals surface area contributed by atoms with Gasteiger partial charge in [0.25, 0.3) is 0 Å². The summed E-state index contributed by atoms with van der Waals surface area (Å²) >= 11 is 1.38. The second kappa shape index (κ2) is 7.96. The first-order valence-corrected chi connectivity index (χ1v) is 9.73. The third-order valence-electron chi connectivity index (χ3n) is 4.57. The first kappa shape index (κ1) is 19.2. The molecule has 27 heavy (non-hydrogen) atoms. The molecule has 1 aromatic carbocycles. The van der Waals surface area contributed by atoms with E-state index in [1.54, 1.807) is 12.3 Å². The van der Waals surface area contributed by atoms with Gasteiger partial charge in [0.15, 0.2) is 16.7 Å². The molecule has 0 saturated heterocycles. The van der Waals surface area contributed by atoms with Crippen LogP contribution in [0.5, 0.6) is 0 Å². The van der Waals surface area contributed by atoms with Gasteiger partial charge in [-0.1, -0.05) is 23.9 Å². The molecule has 0 atom stereocenters. The summed E-state index contributed by atoms with van der Waals surface area (Å²) in [7, 11) is 0. The zero-order valence-electron chi connectivity index (χ0n) is 16.1. The summed E-state index contributed by atoms with van der Waals surface area (Å²) in [4.78, 5) is 12.7. The molecular weight excluding hydrogens is 358 g/mol. The summed E-state index contributed by atoms with van der Waals surface area (Å²) in [6.45, 7) is 12.4. The lowest BCUT2D eigenvalue weighted by Crippen LogP contribution is -2.08. The van der Waals surface area contributed by atoms with E-state index in [1.807, 2.05) is 37.5 Å². The molecule has 0 fully saturated rings. The second-order valence-corrected chi connectivity index (χ2v) is 7.54. The maximum atomic E-state index is 12.7. The van der Waals surface area contributed by atoms with Crippen LogP contribution in [0.1, 0.15) is 32.6 Å². The van der Waals surface area contributed by atoms with Crippen LogP contribution in [0.2, 0.25) is 0 Å². The first-order chi connectivity index (χ1) is 12.9. The maximum absolute atomic E-state index is 12.7. The van der Waals surface area contributed by atoms with Crippen LogP contribution in [0.25, 0.3) is 11.6 Å². The van der Waals surface area contributed by atoms with Gasteiger partial charge in [-0.2, -0.15) is 0 Å². The number of carbonyl (C=O) groups excluding carboxylic acids is 1. The highest BCUT2D eigenvalue weighted by molar-refractivity contribution is 7.99. The summed E-state index contributed by atoms with van der Waals surface area (Å²) in [5.41, 5.74) is 5.08. The van der Waals surface area contributed by atoms with Gasteiger partial charge in [0.05, 0.1) is 12.0 Å². The van der Waals surface area contributed by atoms with E-state index in [-0.39, 0.29) is 5.78 Å². The van der Waals surface area contributed by atoms with Gasteiger partial charge in [-0.15, -0.1) is 16.8 Å². The Kier molecular flexibility index (Phi) is 5.65. The molecule has 0 unspecified atom stereocenters. The number of carbonyl (C=O) groups is 1. The minimum atomic E-state index is 0.0875. The molecule has 0 spiro atoms. The Morgan fingerprint density at radius 2 is 1.89 bits per heavy atom. The Hall–Kier alpha value is -2.60. The molecule has 3 aromatic rings. The minimum Gasteiger partial charge on any atom is -0.461 e. The Bertz CT molecular complexity index is 1000. The van der Waals surface area contributed by atoms with E-state index in [2.05, 4.69) is 29.8 Å². The van der Waals surface area contributed by atoms with Gasteiger partial charge < -0.3 is 4.42 Å². The standard InChI is InChI=1S/C21H23N3O2S/c1-6-8-24-20(19-13(2)7-9-26-19)22-23-21(24)27-12-18(25)17-11-15(4)14(3)10-16(17)5/h6-7,9-11H,1,8,12H2,2-5H3. The number of Topliss-reactive ketones (excluding diaryl/α,β-unsaturated/α-hetero) is 1. The van der Waals surface area contributed by atoms with Crippen LogP contribution < -0.4 is 0 Å². The van der Waals surface area contributed by atoms with E-state index in [0.29, 0.717) is 29.0 Å². The number of thioether (sulfide) groups is 1. The van der Waals surface area contributed by atoms with Crippen LogP contribution in [-0.2, 0) is 6.54 Å². The number of allylic oxidation sites excluding steroid dienone is 1. The average Bonchev–Trinajstić information content (AvgIpc) is 3.22. The number of ketones is 1. The predicted molar refractivity (Wildman–Crippen MR) is 108 cm³/mol. The van der Waals surface area contributed by atoms with E-state index in [1.165, 1.54) is 17.3 Å². The van der Waals surface area contributed by atoms with Crippen LogP contribution in [0.4, 0.5) is 0 Å². The molecule has 5 nitrogen and oxygen atoms in total. The van der Waals surface area contributed by atoms with Gasteiger partial charge in [-0.3, -0.25) is 9.36 Å². The quantitative estimate of drug-likeness (QED) is 0.330. The van der Waals surface area contributed by atoms with Gasteiger partial charge in [-0.05, 0) is 62.1 Å². The monoisotopic (exact) mass is 381 g/mol. The lowest BCUT2D eigenvalue weighted by molar-refractivity contribution is 0.102. The highest BCUT2D eigenvalue weighted by atomic mass is 32.2. The minimum absolute atomic E-state index is 0.0875. The lowest BCUT2D eigenvalue weighted by atomic mass is 9.99. The molecule has 0 N–H and O–H groups in total. The highest BCUT2D eigenvalue weighted by Gasteiger charge is 2.19. The van der Waals surface area contributed by atoms with Crippen molar-refractivity contribution in [1.82, 2.24) is 14.8 Å². The third-order valence-corrected chi connectivity index (χ3v) is 5.53. The van der Waals surface area contributed by atoms with Crippen molar-refractivity contribution < 1.29 is 9.21 Å². The van der Waals surface area contributed by atoms with Gasteiger partial charge in [0.2, 0.25) is 5.82 Å². The molecule has 2 aromatic heterocycles. The number of benzene rings is 1. The third kappa shape index (κ3) is 3.90. The topological polar surface area (TPSA) is 60.9 Å². The zero-order valence-corrected chi connectivity index (χ0v) is 16.9. The fourth-order valence-corrected chi connectivity index (χ4v) is 3.76. The van der Waals surface area contributed by atoms with Crippen molar-refractivity contribution in [3.05, 3.63) is 64.9 Å². The molecule has 0 radical (unpaired) electrons. The highest BCUT2D eigenvalue weighted by Crippen LogP contribution is 2.28. The molecular formula is C21H23N3O2S. The molecule has 6 heteroatoms. The van der Waals surface area contributed by atoms with Crippen LogP contribution in [-0.4, -0.2) is 26.3 Å². The SMILES string of the molecule is C=CCn1c(SCC(=O)c2cc(C)c(C)cc2C)nnc1-c1occc1C. The average molecular weight is 382 g/mol. The van der Waals surface area contributed by atoms with Crippen LogP contribution in [0.15, 0.2) is 46.7 Å². The number of aryl methyl sites for hydroxylation is 4. The molecule has 0 saturated carbocycles. The van der Waals surface area contributed by atoms with E-state index in [4.69, 9.17) is 4.42 Å². The van der Waals surface area contributed by atoms with E-state index >= 15 is 0 Å². The van der Waals surface area contributed by atoms with Crippen molar-refractivity contribution in [2.24, 2.45) is 0 Å². The largest absolute Gasteiger partial charge is 0.461 e. The van der Waals surface area contributed by atoms with Gasteiger partial charge in [0, 0.05) is 12.1 Å². The van der Waals surface area contributed by atoms with Crippen LogP contribution in [0, 0.1) is 27.7 Å². The van der Waals surface area contributed by atoms with E-state index in [9.17, 15) is 4.79 Å².